The van der Waals surface area contributed by atoms with Gasteiger partial charge in [0.15, 0.2) is 5.82 Å². The second-order valence-corrected chi connectivity index (χ2v) is 7.66. The Hall–Kier alpha value is -2.15. The zero-order chi connectivity index (χ0) is 16.3. The molecular formula is C17H22N6O. The fraction of sp³-hybridized carbons (Fsp3) is 0.588. The van der Waals surface area contributed by atoms with Crippen molar-refractivity contribution in [1.29, 1.82) is 0 Å². The van der Waals surface area contributed by atoms with Gasteiger partial charge in [0.05, 0.1) is 6.61 Å². The first-order valence-electron chi connectivity index (χ1n) is 8.69. The number of aliphatic hydroxyl groups is 1. The molecule has 2 saturated heterocycles. The minimum Gasteiger partial charge on any atom is -0.396 e. The van der Waals surface area contributed by atoms with E-state index >= 15 is 0 Å². The van der Waals surface area contributed by atoms with Gasteiger partial charge >= 0.3 is 0 Å². The number of hydrogen-bond donors (Lipinski definition) is 3. The van der Waals surface area contributed by atoms with Gasteiger partial charge in [0.2, 0.25) is 5.95 Å². The molecule has 24 heavy (non-hydrogen) atoms. The number of aromatic nitrogens is 4. The van der Waals surface area contributed by atoms with E-state index in [1.54, 1.807) is 0 Å². The normalized spacial score (nSPS) is 28.1. The van der Waals surface area contributed by atoms with Gasteiger partial charge in [0.1, 0.15) is 5.82 Å². The summed E-state index contributed by atoms with van der Waals surface area (Å²) in [5, 5.41) is 20.4. The summed E-state index contributed by atoms with van der Waals surface area (Å²) in [5.74, 6) is 3.01. The van der Waals surface area contributed by atoms with Gasteiger partial charge in [-0.25, -0.2) is 4.98 Å². The number of hydrogen-bond acceptors (Lipinski definition) is 6. The maximum absolute atomic E-state index is 9.58. The molecule has 0 unspecified atom stereocenters. The van der Waals surface area contributed by atoms with E-state index in [1.165, 1.54) is 18.5 Å². The lowest BCUT2D eigenvalue weighted by atomic mass is 9.71. The van der Waals surface area contributed by atoms with Gasteiger partial charge in [-0.2, -0.15) is 10.1 Å². The summed E-state index contributed by atoms with van der Waals surface area (Å²) in [7, 11) is 0. The van der Waals surface area contributed by atoms with Gasteiger partial charge in [0.25, 0.3) is 0 Å². The van der Waals surface area contributed by atoms with Crippen LogP contribution in [0.2, 0.25) is 0 Å². The molecule has 4 heterocycles. The summed E-state index contributed by atoms with van der Waals surface area (Å²) in [6, 6.07) is 2.55. The molecule has 126 valence electrons. The number of H-pyrrole nitrogens is 1. The highest BCUT2D eigenvalue weighted by molar-refractivity contribution is 5.58. The molecule has 0 atom stereocenters. The largest absolute Gasteiger partial charge is 0.396 e. The van der Waals surface area contributed by atoms with Crippen LogP contribution in [0.4, 0.5) is 17.6 Å². The third-order valence-corrected chi connectivity index (χ3v) is 5.70. The molecule has 0 radical (unpaired) electrons. The lowest BCUT2D eigenvalue weighted by molar-refractivity contribution is 0.0873. The van der Waals surface area contributed by atoms with E-state index in [0.717, 1.165) is 42.5 Å². The highest BCUT2D eigenvalue weighted by atomic mass is 16.3. The first-order valence-corrected chi connectivity index (χ1v) is 8.69. The first-order chi connectivity index (χ1) is 11.7. The van der Waals surface area contributed by atoms with Crippen LogP contribution < -0.4 is 10.2 Å². The van der Waals surface area contributed by atoms with Gasteiger partial charge in [-0.1, -0.05) is 0 Å². The van der Waals surface area contributed by atoms with E-state index in [4.69, 9.17) is 4.98 Å². The minimum absolute atomic E-state index is 0.0772. The van der Waals surface area contributed by atoms with Crippen molar-refractivity contribution in [2.75, 3.05) is 23.4 Å². The molecule has 2 bridgehead atoms. The van der Waals surface area contributed by atoms with Crippen LogP contribution in [0.5, 0.6) is 0 Å². The Morgan fingerprint density at radius 3 is 2.96 bits per heavy atom. The van der Waals surface area contributed by atoms with Crippen LogP contribution in [-0.2, 0) is 0 Å². The summed E-state index contributed by atoms with van der Waals surface area (Å²) in [4.78, 5) is 11.5. The minimum atomic E-state index is 0.0772. The zero-order valence-electron chi connectivity index (χ0n) is 13.8. The lowest BCUT2D eigenvalue weighted by Gasteiger charge is -2.34. The van der Waals surface area contributed by atoms with Crippen LogP contribution in [0.1, 0.15) is 42.9 Å². The average Bonchev–Trinajstić information content (AvgIpc) is 3.04. The van der Waals surface area contributed by atoms with Crippen molar-refractivity contribution >= 4 is 17.6 Å². The highest BCUT2D eigenvalue weighted by Gasteiger charge is 2.55. The molecule has 7 heteroatoms. The smallest absolute Gasteiger partial charge is 0.227 e. The fourth-order valence-corrected chi connectivity index (χ4v) is 4.02. The number of aromatic amines is 1. The highest BCUT2D eigenvalue weighted by Crippen LogP contribution is 2.52. The number of aryl methyl sites for hydroxylation is 1. The third kappa shape index (κ3) is 2.18. The average molecular weight is 326 g/mol. The van der Waals surface area contributed by atoms with E-state index in [0.29, 0.717) is 12.0 Å². The molecule has 2 aliphatic carbocycles. The number of aliphatic hydroxyl groups excluding tert-OH is 1. The maximum atomic E-state index is 9.58. The van der Waals surface area contributed by atoms with Crippen LogP contribution in [0.25, 0.3) is 0 Å². The van der Waals surface area contributed by atoms with Crippen LogP contribution in [0, 0.1) is 12.3 Å². The molecule has 2 aromatic rings. The number of nitrogens with one attached hydrogen (secondary N) is 2. The topological polar surface area (TPSA) is 90.0 Å². The standard InChI is InChI=1S/C17H22N6O/c1-10-7-18-16(23-8-17(9-24)5-12(23)6-17)20-15(10)19-14-4-13(21-22-14)11-2-3-11/h4,7,11-12,24H,2-3,5-6,8-9H2,1H3,(H2,18,19,20,21,22). The van der Waals surface area contributed by atoms with Gasteiger partial charge in [-0.05, 0) is 32.6 Å². The van der Waals surface area contributed by atoms with Gasteiger partial charge in [-0.15, -0.1) is 0 Å². The van der Waals surface area contributed by atoms with Crippen molar-refractivity contribution < 1.29 is 5.11 Å². The van der Waals surface area contributed by atoms with Crippen molar-refractivity contribution in [3.8, 4) is 0 Å². The Morgan fingerprint density at radius 2 is 2.25 bits per heavy atom. The number of fused-ring (bicyclic) bond motifs is 1. The Morgan fingerprint density at radius 1 is 1.42 bits per heavy atom. The monoisotopic (exact) mass is 326 g/mol. The Kier molecular flexibility index (Phi) is 2.92. The predicted octanol–water partition coefficient (Wildman–Crippen LogP) is 2.09. The van der Waals surface area contributed by atoms with E-state index in [1.807, 2.05) is 13.1 Å². The summed E-state index contributed by atoms with van der Waals surface area (Å²) in [6.07, 6.45) is 6.46. The van der Waals surface area contributed by atoms with E-state index in [9.17, 15) is 5.11 Å². The molecule has 4 aliphatic rings. The second kappa shape index (κ2) is 4.92. The molecule has 0 amide bonds. The van der Waals surface area contributed by atoms with E-state index < -0.39 is 0 Å². The molecular weight excluding hydrogens is 304 g/mol. The van der Waals surface area contributed by atoms with Gasteiger partial charge in [0, 0.05) is 47.4 Å². The summed E-state index contributed by atoms with van der Waals surface area (Å²) in [6.45, 7) is 3.11. The van der Waals surface area contributed by atoms with Crippen molar-refractivity contribution in [3.05, 3.63) is 23.5 Å². The van der Waals surface area contributed by atoms with Crippen molar-refractivity contribution in [2.45, 2.75) is 44.6 Å². The molecule has 6 rings (SSSR count). The van der Waals surface area contributed by atoms with Crippen LogP contribution in [0.3, 0.4) is 0 Å². The Bertz CT molecular complexity index is 777. The third-order valence-electron chi connectivity index (χ3n) is 5.70. The SMILES string of the molecule is Cc1cnc(N2CC3(CO)CC2C3)nc1Nc1cc(C2CC2)[nH]n1. The van der Waals surface area contributed by atoms with Crippen molar-refractivity contribution in [3.63, 3.8) is 0 Å². The van der Waals surface area contributed by atoms with Crippen molar-refractivity contribution in [2.24, 2.45) is 5.41 Å². The summed E-state index contributed by atoms with van der Waals surface area (Å²) in [5.41, 5.74) is 2.28. The quantitative estimate of drug-likeness (QED) is 0.779. The molecule has 2 aromatic heterocycles. The fourth-order valence-electron chi connectivity index (χ4n) is 4.02. The van der Waals surface area contributed by atoms with Crippen molar-refractivity contribution in [1.82, 2.24) is 20.2 Å². The van der Waals surface area contributed by atoms with Crippen LogP contribution >= 0.6 is 0 Å². The molecule has 0 spiro atoms. The predicted molar refractivity (Wildman–Crippen MR) is 90.5 cm³/mol. The molecule has 4 fully saturated rings. The van der Waals surface area contributed by atoms with Crippen LogP contribution in [-0.4, -0.2) is 44.5 Å². The van der Waals surface area contributed by atoms with Gasteiger partial charge in [-0.3, -0.25) is 5.10 Å². The summed E-state index contributed by atoms with van der Waals surface area (Å²) >= 11 is 0. The van der Waals surface area contributed by atoms with Gasteiger partial charge < -0.3 is 15.3 Å². The first kappa shape index (κ1) is 14.2. The van der Waals surface area contributed by atoms with Crippen LogP contribution in [0.15, 0.2) is 12.3 Å². The molecule has 0 aromatic carbocycles. The van der Waals surface area contributed by atoms with E-state index in [-0.39, 0.29) is 12.0 Å². The lowest BCUT2D eigenvalue weighted by Crippen LogP contribution is -2.37. The number of rotatable bonds is 5. The molecule has 2 aliphatic heterocycles. The Balaban J connectivity index is 1.38. The molecule has 2 saturated carbocycles. The molecule has 7 nitrogen and oxygen atoms in total. The number of anilines is 3. The van der Waals surface area contributed by atoms with E-state index in [2.05, 4.69) is 31.5 Å². The zero-order valence-corrected chi connectivity index (χ0v) is 13.8. The Labute approximate surface area is 140 Å². The maximum Gasteiger partial charge on any atom is 0.227 e. The number of nitrogens with zero attached hydrogens (tertiary/aromatic N) is 4. The summed E-state index contributed by atoms with van der Waals surface area (Å²) < 4.78 is 0. The second-order valence-electron chi connectivity index (χ2n) is 7.66. The molecule has 3 N–H and O–H groups in total.